The normalized spacial score (nSPS) is 13.2. The molecule has 0 amide bonds. The van der Waals surface area contributed by atoms with Crippen LogP contribution in [0, 0.1) is 20.8 Å². The number of aliphatic hydroxyl groups excluding tert-OH is 1. The van der Waals surface area contributed by atoms with Crippen LogP contribution in [0.3, 0.4) is 0 Å². The van der Waals surface area contributed by atoms with Gasteiger partial charge in [-0.2, -0.15) is 0 Å². The molecular formula is C13H19NO5S. The second-order valence-corrected chi connectivity index (χ2v) is 6.47. The van der Waals surface area contributed by atoms with E-state index >= 15 is 0 Å². The minimum absolute atomic E-state index is 0.136. The van der Waals surface area contributed by atoms with Crippen LogP contribution in [-0.2, 0) is 14.8 Å². The Bertz CT molecular complexity index is 586. The monoisotopic (exact) mass is 301 g/mol. The summed E-state index contributed by atoms with van der Waals surface area (Å²) in [5.41, 5.74) is 2.24. The van der Waals surface area contributed by atoms with Gasteiger partial charge in [0.1, 0.15) is 0 Å². The molecule has 0 radical (unpaired) electrons. The van der Waals surface area contributed by atoms with Crippen molar-refractivity contribution in [1.82, 2.24) is 4.72 Å². The molecule has 112 valence electrons. The second kappa shape index (κ2) is 6.34. The first kappa shape index (κ1) is 16.6. The molecule has 1 rings (SSSR count). The Morgan fingerprint density at radius 1 is 1.25 bits per heavy atom. The molecule has 0 heterocycles. The van der Waals surface area contributed by atoms with Gasteiger partial charge in [0.2, 0.25) is 10.0 Å². The van der Waals surface area contributed by atoms with E-state index in [1.807, 2.05) is 6.92 Å². The van der Waals surface area contributed by atoms with E-state index in [0.29, 0.717) is 11.1 Å². The number of benzene rings is 1. The van der Waals surface area contributed by atoms with E-state index in [2.05, 4.69) is 4.72 Å². The molecule has 0 aliphatic heterocycles. The maximum Gasteiger partial charge on any atom is 0.332 e. The highest BCUT2D eigenvalue weighted by Crippen LogP contribution is 2.21. The highest BCUT2D eigenvalue weighted by Gasteiger charge is 2.20. The summed E-state index contributed by atoms with van der Waals surface area (Å²) in [5, 5.41) is 17.6. The highest BCUT2D eigenvalue weighted by atomic mass is 32.2. The Morgan fingerprint density at radius 2 is 1.75 bits per heavy atom. The number of carboxylic acid groups (broad SMARTS) is 1. The SMILES string of the molecule is Cc1cc(C)c(S(=O)(=O)NCCC(O)C(=O)O)c(C)c1. The number of carbonyl (C=O) groups is 1. The van der Waals surface area contributed by atoms with E-state index in [4.69, 9.17) is 10.2 Å². The van der Waals surface area contributed by atoms with Crippen molar-refractivity contribution >= 4 is 16.0 Å². The predicted octanol–water partition coefficient (Wildman–Crippen LogP) is 0.726. The number of aliphatic hydroxyl groups is 1. The molecule has 7 heteroatoms. The van der Waals surface area contributed by atoms with E-state index in [0.717, 1.165) is 5.56 Å². The van der Waals surface area contributed by atoms with Crippen molar-refractivity contribution in [1.29, 1.82) is 0 Å². The molecule has 6 nitrogen and oxygen atoms in total. The van der Waals surface area contributed by atoms with Gasteiger partial charge in [-0.25, -0.2) is 17.9 Å². The fourth-order valence-electron chi connectivity index (χ4n) is 2.12. The number of nitrogens with one attached hydrogen (secondary N) is 1. The van der Waals surface area contributed by atoms with Gasteiger partial charge in [0, 0.05) is 6.54 Å². The van der Waals surface area contributed by atoms with Crippen molar-refractivity contribution < 1.29 is 23.4 Å². The van der Waals surface area contributed by atoms with Gasteiger partial charge in [-0.05, 0) is 38.3 Å². The number of carboxylic acids is 1. The first-order valence-electron chi connectivity index (χ1n) is 6.13. The third-order valence-corrected chi connectivity index (χ3v) is 4.63. The van der Waals surface area contributed by atoms with Gasteiger partial charge in [0.15, 0.2) is 6.10 Å². The molecule has 1 aromatic carbocycles. The zero-order chi connectivity index (χ0) is 15.5. The average Bonchev–Trinajstić information content (AvgIpc) is 2.26. The highest BCUT2D eigenvalue weighted by molar-refractivity contribution is 7.89. The zero-order valence-corrected chi connectivity index (χ0v) is 12.5. The number of rotatable bonds is 6. The number of aliphatic carboxylic acids is 1. The molecule has 1 aromatic rings. The van der Waals surface area contributed by atoms with Crippen LogP contribution in [0.25, 0.3) is 0 Å². The van der Waals surface area contributed by atoms with Gasteiger partial charge >= 0.3 is 5.97 Å². The van der Waals surface area contributed by atoms with E-state index in [1.54, 1.807) is 26.0 Å². The molecule has 3 N–H and O–H groups in total. The van der Waals surface area contributed by atoms with Crippen molar-refractivity contribution in [2.75, 3.05) is 6.54 Å². The van der Waals surface area contributed by atoms with Crippen molar-refractivity contribution in [3.05, 3.63) is 28.8 Å². The number of aryl methyl sites for hydroxylation is 3. The Balaban J connectivity index is 2.88. The Labute approximate surface area is 118 Å². The summed E-state index contributed by atoms with van der Waals surface area (Å²) in [6.07, 6.45) is -1.75. The number of sulfonamides is 1. The number of hydrogen-bond donors (Lipinski definition) is 3. The van der Waals surface area contributed by atoms with Crippen LogP contribution < -0.4 is 4.72 Å². The molecule has 0 bridgehead atoms. The lowest BCUT2D eigenvalue weighted by atomic mass is 10.1. The third kappa shape index (κ3) is 4.03. The van der Waals surface area contributed by atoms with E-state index in [-0.39, 0.29) is 17.9 Å². The first-order chi connectivity index (χ1) is 9.15. The molecule has 1 unspecified atom stereocenters. The maximum absolute atomic E-state index is 12.2. The van der Waals surface area contributed by atoms with Crippen LogP contribution in [0.15, 0.2) is 17.0 Å². The minimum atomic E-state index is -3.71. The standard InChI is InChI=1S/C13H19NO5S/c1-8-6-9(2)12(10(3)7-8)20(18,19)14-5-4-11(15)13(16)17/h6-7,11,14-15H,4-5H2,1-3H3,(H,16,17). The third-order valence-electron chi connectivity index (χ3n) is 2.87. The van der Waals surface area contributed by atoms with Crippen molar-refractivity contribution in [2.45, 2.75) is 38.2 Å². The molecule has 0 saturated heterocycles. The van der Waals surface area contributed by atoms with Gasteiger partial charge in [-0.1, -0.05) is 17.7 Å². The molecule has 0 saturated carbocycles. The fraction of sp³-hybridized carbons (Fsp3) is 0.462. The fourth-order valence-corrected chi connectivity index (χ4v) is 3.61. The summed E-state index contributed by atoms with van der Waals surface area (Å²) in [7, 11) is -3.71. The van der Waals surface area contributed by atoms with Crippen molar-refractivity contribution in [3.8, 4) is 0 Å². The quantitative estimate of drug-likeness (QED) is 0.718. The summed E-state index contributed by atoms with van der Waals surface area (Å²) in [6.45, 7) is 5.16. The zero-order valence-electron chi connectivity index (χ0n) is 11.7. The number of hydrogen-bond acceptors (Lipinski definition) is 4. The van der Waals surface area contributed by atoms with Crippen LogP contribution in [0.4, 0.5) is 0 Å². The molecule has 20 heavy (non-hydrogen) atoms. The van der Waals surface area contributed by atoms with Gasteiger partial charge in [-0.15, -0.1) is 0 Å². The average molecular weight is 301 g/mol. The van der Waals surface area contributed by atoms with Gasteiger partial charge in [-0.3, -0.25) is 0 Å². The lowest BCUT2D eigenvalue weighted by molar-refractivity contribution is -0.146. The Morgan fingerprint density at radius 3 is 2.20 bits per heavy atom. The minimum Gasteiger partial charge on any atom is -0.479 e. The van der Waals surface area contributed by atoms with E-state index < -0.39 is 22.1 Å². The summed E-state index contributed by atoms with van der Waals surface area (Å²) >= 11 is 0. The first-order valence-corrected chi connectivity index (χ1v) is 7.62. The largest absolute Gasteiger partial charge is 0.479 e. The van der Waals surface area contributed by atoms with E-state index in [1.165, 1.54) is 0 Å². The Hall–Kier alpha value is -1.44. The van der Waals surface area contributed by atoms with Crippen molar-refractivity contribution in [3.63, 3.8) is 0 Å². The van der Waals surface area contributed by atoms with E-state index in [9.17, 15) is 13.2 Å². The topological polar surface area (TPSA) is 104 Å². The van der Waals surface area contributed by atoms with Crippen molar-refractivity contribution in [2.24, 2.45) is 0 Å². The molecule has 0 aromatic heterocycles. The van der Waals surface area contributed by atoms with Crippen LogP contribution >= 0.6 is 0 Å². The Kier molecular flexibility index (Phi) is 5.27. The van der Waals surface area contributed by atoms with Gasteiger partial charge in [0.25, 0.3) is 0 Å². The maximum atomic E-state index is 12.2. The summed E-state index contributed by atoms with van der Waals surface area (Å²) in [5.74, 6) is -1.37. The van der Waals surface area contributed by atoms with Gasteiger partial charge < -0.3 is 10.2 Å². The summed E-state index contributed by atoms with van der Waals surface area (Å²) in [6, 6.07) is 3.54. The lowest BCUT2D eigenvalue weighted by Gasteiger charge is -2.13. The van der Waals surface area contributed by atoms with Crippen LogP contribution in [0.1, 0.15) is 23.1 Å². The molecule has 0 fully saturated rings. The molecular weight excluding hydrogens is 282 g/mol. The lowest BCUT2D eigenvalue weighted by Crippen LogP contribution is -2.30. The predicted molar refractivity (Wildman–Crippen MR) is 74.1 cm³/mol. The summed E-state index contributed by atoms with van der Waals surface area (Å²) in [4.78, 5) is 10.6. The summed E-state index contributed by atoms with van der Waals surface area (Å²) < 4.78 is 26.7. The smallest absolute Gasteiger partial charge is 0.332 e. The second-order valence-electron chi connectivity index (χ2n) is 4.77. The molecule has 0 aliphatic carbocycles. The molecule has 0 aliphatic rings. The van der Waals surface area contributed by atoms with Crippen LogP contribution in [0.2, 0.25) is 0 Å². The molecule has 0 spiro atoms. The van der Waals surface area contributed by atoms with Gasteiger partial charge in [0.05, 0.1) is 4.90 Å². The molecule has 1 atom stereocenters. The van der Waals surface area contributed by atoms with Crippen LogP contribution in [0.5, 0.6) is 0 Å². The van der Waals surface area contributed by atoms with Crippen LogP contribution in [-0.4, -0.2) is 37.2 Å².